The smallest absolute Gasteiger partial charge is 0.314 e. The first-order valence-electron chi connectivity index (χ1n) is 4.40. The summed E-state index contributed by atoms with van der Waals surface area (Å²) in [6, 6.07) is 0. The van der Waals surface area contributed by atoms with Crippen molar-refractivity contribution in [2.45, 2.75) is 13.8 Å². The van der Waals surface area contributed by atoms with Gasteiger partial charge < -0.3 is 4.84 Å². The minimum absolute atomic E-state index is 0.224. The first-order valence-corrected chi connectivity index (χ1v) is 4.40. The summed E-state index contributed by atoms with van der Waals surface area (Å²) in [7, 11) is 1.39. The zero-order valence-electron chi connectivity index (χ0n) is 8.68. The SMILES string of the molecule is COn1cnc2nc(C)c(C)nc2c1=O. The molecule has 0 aliphatic rings. The van der Waals surface area contributed by atoms with E-state index in [1.807, 2.05) is 6.92 Å². The number of nitrogens with zero attached hydrogens (tertiary/aromatic N) is 4. The Morgan fingerprint density at radius 1 is 1.27 bits per heavy atom. The Hall–Kier alpha value is -1.98. The largest absolute Gasteiger partial charge is 0.413 e. The first-order chi connectivity index (χ1) is 7.13. The molecule has 0 aromatic carbocycles. The molecule has 0 saturated heterocycles. The molecule has 15 heavy (non-hydrogen) atoms. The van der Waals surface area contributed by atoms with Crippen LogP contribution in [-0.2, 0) is 0 Å². The molecule has 2 aromatic rings. The number of fused-ring (bicyclic) bond motifs is 1. The van der Waals surface area contributed by atoms with E-state index in [0.717, 1.165) is 16.1 Å². The maximum atomic E-state index is 11.7. The van der Waals surface area contributed by atoms with Gasteiger partial charge in [0.25, 0.3) is 0 Å². The van der Waals surface area contributed by atoms with Crippen molar-refractivity contribution < 1.29 is 4.84 Å². The fraction of sp³-hybridized carbons (Fsp3) is 0.333. The minimum Gasteiger partial charge on any atom is -0.413 e. The Balaban J connectivity index is 2.88. The molecule has 0 fully saturated rings. The van der Waals surface area contributed by atoms with Crippen molar-refractivity contribution in [1.29, 1.82) is 0 Å². The van der Waals surface area contributed by atoms with E-state index in [2.05, 4.69) is 15.0 Å². The molecular weight excluding hydrogens is 196 g/mol. The fourth-order valence-electron chi connectivity index (χ4n) is 1.22. The van der Waals surface area contributed by atoms with Crippen molar-refractivity contribution in [3.63, 3.8) is 0 Å². The van der Waals surface area contributed by atoms with Crippen molar-refractivity contribution in [2.75, 3.05) is 7.11 Å². The van der Waals surface area contributed by atoms with Crippen LogP contribution in [0.15, 0.2) is 11.1 Å². The van der Waals surface area contributed by atoms with Gasteiger partial charge in [0.1, 0.15) is 13.4 Å². The third-order valence-corrected chi connectivity index (χ3v) is 2.17. The molecule has 6 heteroatoms. The predicted molar refractivity (Wildman–Crippen MR) is 53.6 cm³/mol. The zero-order valence-corrected chi connectivity index (χ0v) is 8.68. The monoisotopic (exact) mass is 206 g/mol. The molecule has 0 N–H and O–H groups in total. The molecule has 0 radical (unpaired) electrons. The van der Waals surface area contributed by atoms with E-state index in [1.165, 1.54) is 13.4 Å². The van der Waals surface area contributed by atoms with Crippen LogP contribution in [-0.4, -0.2) is 26.8 Å². The molecule has 0 bridgehead atoms. The topological polar surface area (TPSA) is 69.9 Å². The van der Waals surface area contributed by atoms with Crippen LogP contribution < -0.4 is 10.4 Å². The van der Waals surface area contributed by atoms with Crippen LogP contribution in [0.25, 0.3) is 11.2 Å². The molecule has 0 spiro atoms. The van der Waals surface area contributed by atoms with Gasteiger partial charge in [-0.1, -0.05) is 0 Å². The van der Waals surface area contributed by atoms with Gasteiger partial charge in [-0.3, -0.25) is 4.79 Å². The van der Waals surface area contributed by atoms with Gasteiger partial charge >= 0.3 is 5.56 Å². The lowest BCUT2D eigenvalue weighted by Gasteiger charge is -2.04. The Morgan fingerprint density at radius 3 is 2.60 bits per heavy atom. The number of rotatable bonds is 1. The summed E-state index contributed by atoms with van der Waals surface area (Å²) in [5.74, 6) is 0. The van der Waals surface area contributed by atoms with Gasteiger partial charge in [-0.2, -0.15) is 0 Å². The summed E-state index contributed by atoms with van der Waals surface area (Å²) in [6.45, 7) is 3.62. The van der Waals surface area contributed by atoms with E-state index >= 15 is 0 Å². The van der Waals surface area contributed by atoms with Crippen molar-refractivity contribution in [1.82, 2.24) is 19.7 Å². The van der Waals surface area contributed by atoms with Crippen molar-refractivity contribution in [2.24, 2.45) is 0 Å². The summed E-state index contributed by atoms with van der Waals surface area (Å²) in [6.07, 6.45) is 1.29. The second-order valence-corrected chi connectivity index (χ2v) is 3.12. The van der Waals surface area contributed by atoms with Crippen LogP contribution in [0.4, 0.5) is 0 Å². The highest BCUT2D eigenvalue weighted by atomic mass is 16.6. The molecule has 0 unspecified atom stereocenters. The van der Waals surface area contributed by atoms with E-state index in [9.17, 15) is 4.79 Å². The maximum Gasteiger partial charge on any atom is 0.314 e. The standard InChI is InChI=1S/C9H10N4O2/c1-5-6(2)12-8-7(11-5)9(14)13(15-3)4-10-8/h4H,1-3H3. The molecule has 0 atom stereocenters. The Bertz CT molecular complexity index is 576. The quantitative estimate of drug-likeness (QED) is 0.649. The van der Waals surface area contributed by atoms with Gasteiger partial charge in [0, 0.05) is 0 Å². The summed E-state index contributed by atoms with van der Waals surface area (Å²) < 4.78 is 1.02. The lowest BCUT2D eigenvalue weighted by Crippen LogP contribution is -2.26. The Kier molecular flexibility index (Phi) is 2.11. The van der Waals surface area contributed by atoms with Crippen LogP contribution in [0.1, 0.15) is 11.4 Å². The number of aryl methyl sites for hydroxylation is 2. The highest BCUT2D eigenvalue weighted by Crippen LogP contribution is 2.04. The summed E-state index contributed by atoms with van der Waals surface area (Å²) >= 11 is 0. The highest BCUT2D eigenvalue weighted by molar-refractivity contribution is 5.68. The van der Waals surface area contributed by atoms with Gasteiger partial charge in [0.15, 0.2) is 11.2 Å². The average molecular weight is 206 g/mol. The third kappa shape index (κ3) is 1.43. The molecule has 2 rings (SSSR count). The minimum atomic E-state index is -0.349. The second-order valence-electron chi connectivity index (χ2n) is 3.12. The zero-order chi connectivity index (χ0) is 11.0. The molecule has 2 heterocycles. The summed E-state index contributed by atoms with van der Waals surface area (Å²) in [5.41, 5.74) is 1.71. The van der Waals surface area contributed by atoms with Crippen LogP contribution >= 0.6 is 0 Å². The number of aromatic nitrogens is 4. The number of hydrogen-bond donors (Lipinski definition) is 0. The molecule has 6 nitrogen and oxygen atoms in total. The molecule has 2 aromatic heterocycles. The van der Waals surface area contributed by atoms with Gasteiger partial charge in [0.2, 0.25) is 0 Å². The highest BCUT2D eigenvalue weighted by Gasteiger charge is 2.08. The molecule has 0 aliphatic carbocycles. The van der Waals surface area contributed by atoms with E-state index in [-0.39, 0.29) is 11.1 Å². The normalized spacial score (nSPS) is 10.6. The maximum absolute atomic E-state index is 11.7. The van der Waals surface area contributed by atoms with Crippen LogP contribution in [0.5, 0.6) is 0 Å². The summed E-state index contributed by atoms with van der Waals surface area (Å²) in [5, 5.41) is 0. The lowest BCUT2D eigenvalue weighted by atomic mass is 10.3. The summed E-state index contributed by atoms with van der Waals surface area (Å²) in [4.78, 5) is 28.8. The number of hydrogen-bond acceptors (Lipinski definition) is 5. The Morgan fingerprint density at radius 2 is 1.93 bits per heavy atom. The third-order valence-electron chi connectivity index (χ3n) is 2.17. The van der Waals surface area contributed by atoms with Crippen molar-refractivity contribution in [3.8, 4) is 0 Å². The van der Waals surface area contributed by atoms with Crippen LogP contribution in [0, 0.1) is 13.8 Å². The predicted octanol–water partition coefficient (Wildman–Crippen LogP) is -0.138. The van der Waals surface area contributed by atoms with E-state index in [1.54, 1.807) is 6.92 Å². The molecule has 0 saturated carbocycles. The lowest BCUT2D eigenvalue weighted by molar-refractivity contribution is 0.155. The Labute approximate surface area is 85.5 Å². The van der Waals surface area contributed by atoms with Crippen molar-refractivity contribution >= 4 is 11.2 Å². The van der Waals surface area contributed by atoms with E-state index in [0.29, 0.717) is 5.65 Å². The average Bonchev–Trinajstić information content (AvgIpc) is 2.22. The fourth-order valence-corrected chi connectivity index (χ4v) is 1.22. The molecule has 0 aliphatic heterocycles. The van der Waals surface area contributed by atoms with Crippen LogP contribution in [0.3, 0.4) is 0 Å². The van der Waals surface area contributed by atoms with Gasteiger partial charge in [-0.15, -0.1) is 4.73 Å². The first kappa shape index (κ1) is 9.57. The molecule has 78 valence electrons. The molecule has 0 amide bonds. The second kappa shape index (κ2) is 3.30. The van der Waals surface area contributed by atoms with E-state index < -0.39 is 0 Å². The molecular formula is C9H10N4O2. The van der Waals surface area contributed by atoms with E-state index in [4.69, 9.17) is 4.84 Å². The van der Waals surface area contributed by atoms with Gasteiger partial charge in [0.05, 0.1) is 11.4 Å². The van der Waals surface area contributed by atoms with Crippen molar-refractivity contribution in [3.05, 3.63) is 28.1 Å². The van der Waals surface area contributed by atoms with Gasteiger partial charge in [-0.05, 0) is 13.8 Å². The van der Waals surface area contributed by atoms with Gasteiger partial charge in [-0.25, -0.2) is 15.0 Å². The van der Waals surface area contributed by atoms with Crippen LogP contribution in [0.2, 0.25) is 0 Å².